The molecule has 0 fully saturated rings. The summed E-state index contributed by atoms with van der Waals surface area (Å²) in [4.78, 5) is 0. The number of nitrogens with zero attached hydrogens (tertiary/aromatic N) is 1. The lowest BCUT2D eigenvalue weighted by molar-refractivity contribution is 0.299. The Morgan fingerprint density at radius 2 is 2.11 bits per heavy atom. The molecule has 0 amide bonds. The van der Waals surface area contributed by atoms with Gasteiger partial charge in [-0.05, 0) is 30.3 Å². The fourth-order valence-electron chi connectivity index (χ4n) is 1.54. The summed E-state index contributed by atoms with van der Waals surface area (Å²) in [6.45, 7) is -0.0260. The van der Waals surface area contributed by atoms with Gasteiger partial charge in [0.05, 0.1) is 10.6 Å². The van der Waals surface area contributed by atoms with Gasteiger partial charge in [0.25, 0.3) is 0 Å². The summed E-state index contributed by atoms with van der Waals surface area (Å²) < 4.78 is 19.8. The van der Waals surface area contributed by atoms with E-state index in [4.69, 9.17) is 21.6 Å². The Morgan fingerprint density at radius 1 is 1.32 bits per heavy atom. The van der Waals surface area contributed by atoms with E-state index in [2.05, 4.69) is 15.9 Å². The normalized spacial score (nSPS) is 10.0. The Bertz CT molecular complexity index is 634. The van der Waals surface area contributed by atoms with Crippen LogP contribution in [0.25, 0.3) is 0 Å². The smallest absolute Gasteiger partial charge is 0.137 e. The fraction of sp³-hybridized carbons (Fsp3) is 0.0714. The Morgan fingerprint density at radius 3 is 2.79 bits per heavy atom. The van der Waals surface area contributed by atoms with E-state index >= 15 is 0 Å². The largest absolute Gasteiger partial charge is 0.487 e. The summed E-state index contributed by atoms with van der Waals surface area (Å²) in [5.74, 6) is -0.0341. The van der Waals surface area contributed by atoms with Crippen LogP contribution >= 0.6 is 27.5 Å². The molecule has 0 aliphatic carbocycles. The maximum Gasteiger partial charge on any atom is 0.137 e. The van der Waals surface area contributed by atoms with Crippen molar-refractivity contribution in [3.8, 4) is 11.8 Å². The van der Waals surface area contributed by atoms with Crippen molar-refractivity contribution >= 4 is 27.5 Å². The molecule has 0 aromatic heterocycles. The molecule has 96 valence electrons. The van der Waals surface area contributed by atoms with Crippen LogP contribution in [0.5, 0.6) is 5.75 Å². The summed E-state index contributed by atoms with van der Waals surface area (Å²) in [6.07, 6.45) is 0. The van der Waals surface area contributed by atoms with E-state index in [0.717, 1.165) is 4.47 Å². The molecule has 2 aromatic carbocycles. The summed E-state index contributed by atoms with van der Waals surface area (Å²) in [5.41, 5.74) is 0.651. The van der Waals surface area contributed by atoms with E-state index in [1.807, 2.05) is 6.07 Å². The zero-order valence-corrected chi connectivity index (χ0v) is 12.0. The first-order valence-electron chi connectivity index (χ1n) is 5.37. The molecule has 0 bridgehead atoms. The van der Waals surface area contributed by atoms with Crippen molar-refractivity contribution in [2.75, 3.05) is 0 Å². The lowest BCUT2D eigenvalue weighted by Gasteiger charge is -2.10. The van der Waals surface area contributed by atoms with Gasteiger partial charge in [-0.1, -0.05) is 33.6 Å². The van der Waals surface area contributed by atoms with Crippen molar-refractivity contribution in [3.63, 3.8) is 0 Å². The topological polar surface area (TPSA) is 33.0 Å². The molecule has 0 heterocycles. The van der Waals surface area contributed by atoms with E-state index in [9.17, 15) is 4.39 Å². The minimum Gasteiger partial charge on any atom is -0.487 e. The molecule has 0 atom stereocenters. The molecule has 2 rings (SSSR count). The molecule has 0 saturated heterocycles. The van der Waals surface area contributed by atoms with E-state index < -0.39 is 5.82 Å². The van der Waals surface area contributed by atoms with Crippen molar-refractivity contribution in [2.45, 2.75) is 6.61 Å². The van der Waals surface area contributed by atoms with Crippen molar-refractivity contribution in [2.24, 2.45) is 0 Å². The van der Waals surface area contributed by atoms with E-state index in [1.165, 1.54) is 12.1 Å². The number of ether oxygens (including phenoxy) is 1. The first kappa shape index (κ1) is 13.9. The summed E-state index contributed by atoms with van der Waals surface area (Å²) in [5, 5.41) is 9.30. The second kappa shape index (κ2) is 6.05. The highest BCUT2D eigenvalue weighted by Crippen LogP contribution is 2.25. The van der Waals surface area contributed by atoms with Gasteiger partial charge in [-0.15, -0.1) is 0 Å². The van der Waals surface area contributed by atoms with E-state index in [1.54, 1.807) is 24.3 Å². The van der Waals surface area contributed by atoms with Crippen molar-refractivity contribution in [1.29, 1.82) is 5.26 Å². The lowest BCUT2D eigenvalue weighted by Crippen LogP contribution is -2.00. The highest BCUT2D eigenvalue weighted by atomic mass is 79.9. The third-order valence-corrected chi connectivity index (χ3v) is 3.34. The van der Waals surface area contributed by atoms with Gasteiger partial charge in [-0.3, -0.25) is 0 Å². The van der Waals surface area contributed by atoms with Gasteiger partial charge in [0.1, 0.15) is 24.2 Å². The Hall–Kier alpha value is -1.57. The molecule has 5 heteroatoms. The maximum absolute atomic E-state index is 13.6. The molecule has 19 heavy (non-hydrogen) atoms. The first-order valence-corrected chi connectivity index (χ1v) is 6.54. The minimum atomic E-state index is -0.428. The third kappa shape index (κ3) is 3.25. The number of halogens is 3. The summed E-state index contributed by atoms with van der Waals surface area (Å²) in [7, 11) is 0. The standard InChI is InChI=1S/C14H8BrClFNO/c15-10-4-5-14(9(6-10)7-18)19-8-11-12(16)2-1-3-13(11)17/h1-6H,8H2. The predicted molar refractivity (Wildman–Crippen MR) is 74.6 cm³/mol. The van der Waals surface area contributed by atoms with Gasteiger partial charge in [-0.25, -0.2) is 4.39 Å². The Kier molecular flexibility index (Phi) is 4.41. The molecule has 2 aromatic rings. The third-order valence-electron chi connectivity index (χ3n) is 2.50. The second-order valence-corrected chi connectivity index (χ2v) is 5.06. The van der Waals surface area contributed by atoms with Crippen LogP contribution in [-0.2, 0) is 6.61 Å². The first-order chi connectivity index (χ1) is 9.11. The molecule has 0 N–H and O–H groups in total. The van der Waals surface area contributed by atoms with Gasteiger partial charge in [-0.2, -0.15) is 5.26 Å². The molecule has 0 spiro atoms. The predicted octanol–water partition coefficient (Wildman–Crippen LogP) is 4.69. The molecule has 0 radical (unpaired) electrons. The molecule has 0 aliphatic heterocycles. The van der Waals surface area contributed by atoms with Crippen LogP contribution in [-0.4, -0.2) is 0 Å². The van der Waals surface area contributed by atoms with Crippen molar-refractivity contribution in [1.82, 2.24) is 0 Å². The number of nitriles is 1. The monoisotopic (exact) mass is 339 g/mol. The van der Waals surface area contributed by atoms with Crippen molar-refractivity contribution in [3.05, 3.63) is 62.8 Å². The van der Waals surface area contributed by atoms with Crippen LogP contribution < -0.4 is 4.74 Å². The zero-order valence-electron chi connectivity index (χ0n) is 9.66. The Balaban J connectivity index is 2.22. The van der Waals surface area contributed by atoms with E-state index in [-0.39, 0.29) is 12.2 Å². The average Bonchev–Trinajstić information content (AvgIpc) is 2.39. The molecule has 2 nitrogen and oxygen atoms in total. The van der Waals surface area contributed by atoms with Crippen LogP contribution in [0.15, 0.2) is 40.9 Å². The quantitative estimate of drug-likeness (QED) is 0.812. The van der Waals surface area contributed by atoms with Crippen LogP contribution in [0.1, 0.15) is 11.1 Å². The van der Waals surface area contributed by atoms with Gasteiger partial charge in [0.2, 0.25) is 0 Å². The summed E-state index contributed by atoms with van der Waals surface area (Å²) >= 11 is 9.17. The summed E-state index contributed by atoms with van der Waals surface area (Å²) in [6, 6.07) is 11.5. The fourth-order valence-corrected chi connectivity index (χ4v) is 2.11. The van der Waals surface area contributed by atoms with E-state index in [0.29, 0.717) is 16.3 Å². The zero-order chi connectivity index (χ0) is 13.8. The molecule has 0 saturated carbocycles. The average molecular weight is 341 g/mol. The number of benzene rings is 2. The van der Waals surface area contributed by atoms with Crippen LogP contribution in [0, 0.1) is 17.1 Å². The van der Waals surface area contributed by atoms with Gasteiger partial charge in [0.15, 0.2) is 0 Å². The molecule has 0 aliphatic rings. The number of hydrogen-bond donors (Lipinski definition) is 0. The Labute approximate surface area is 123 Å². The van der Waals surface area contributed by atoms with Gasteiger partial charge in [0, 0.05) is 10.0 Å². The minimum absolute atomic E-state index is 0.0260. The highest BCUT2D eigenvalue weighted by Gasteiger charge is 2.09. The number of hydrogen-bond acceptors (Lipinski definition) is 2. The van der Waals surface area contributed by atoms with Gasteiger partial charge >= 0.3 is 0 Å². The molecular weight excluding hydrogens is 333 g/mol. The van der Waals surface area contributed by atoms with Gasteiger partial charge < -0.3 is 4.74 Å². The van der Waals surface area contributed by atoms with Crippen molar-refractivity contribution < 1.29 is 9.13 Å². The lowest BCUT2D eigenvalue weighted by atomic mass is 10.2. The number of rotatable bonds is 3. The molecular formula is C14H8BrClFNO. The van der Waals surface area contributed by atoms with Crippen LogP contribution in [0.2, 0.25) is 5.02 Å². The van der Waals surface area contributed by atoms with Crippen LogP contribution in [0.4, 0.5) is 4.39 Å². The SMILES string of the molecule is N#Cc1cc(Br)ccc1OCc1c(F)cccc1Cl. The second-order valence-electron chi connectivity index (χ2n) is 3.74. The van der Waals surface area contributed by atoms with Crippen LogP contribution in [0.3, 0.4) is 0 Å². The maximum atomic E-state index is 13.6. The highest BCUT2D eigenvalue weighted by molar-refractivity contribution is 9.10. The molecule has 0 unspecified atom stereocenters.